The molecule has 1 aromatic carbocycles. The molecular formula is C14H19NOS. The molecule has 2 nitrogen and oxygen atoms in total. The number of benzene rings is 1. The summed E-state index contributed by atoms with van der Waals surface area (Å²) in [5.74, 6) is 1.36. The first-order chi connectivity index (χ1) is 8.33. The number of carbonyl (C=O) groups excluding carboxylic acids is 1. The molecule has 0 atom stereocenters. The van der Waals surface area contributed by atoms with Gasteiger partial charge < -0.3 is 9.69 Å². The second-order valence-electron chi connectivity index (χ2n) is 4.56. The van der Waals surface area contributed by atoms with Gasteiger partial charge in [0.05, 0.1) is 0 Å². The van der Waals surface area contributed by atoms with Crippen molar-refractivity contribution in [1.82, 2.24) is 0 Å². The van der Waals surface area contributed by atoms with Crippen LogP contribution in [0.15, 0.2) is 24.3 Å². The van der Waals surface area contributed by atoms with E-state index in [2.05, 4.69) is 35.4 Å². The first-order valence-electron chi connectivity index (χ1n) is 6.11. The molecule has 0 bridgehead atoms. The van der Waals surface area contributed by atoms with E-state index >= 15 is 0 Å². The van der Waals surface area contributed by atoms with Crippen LogP contribution in [0.4, 0.5) is 5.69 Å². The zero-order chi connectivity index (χ0) is 12.1. The number of nitrogens with zero attached hydrogens (tertiary/aromatic N) is 1. The topological polar surface area (TPSA) is 20.3 Å². The smallest absolute Gasteiger partial charge is 0.123 e. The Hall–Kier alpha value is -0.960. The Bertz CT molecular complexity index is 355. The van der Waals surface area contributed by atoms with Gasteiger partial charge >= 0.3 is 0 Å². The Balaban J connectivity index is 1.96. The van der Waals surface area contributed by atoms with Crippen molar-refractivity contribution < 1.29 is 4.79 Å². The molecule has 1 aromatic rings. The summed E-state index contributed by atoms with van der Waals surface area (Å²) in [4.78, 5) is 13.1. The Labute approximate surface area is 107 Å². The summed E-state index contributed by atoms with van der Waals surface area (Å²) < 4.78 is 0. The van der Waals surface area contributed by atoms with Gasteiger partial charge in [-0.1, -0.05) is 12.1 Å². The quantitative estimate of drug-likeness (QED) is 0.765. The van der Waals surface area contributed by atoms with Gasteiger partial charge in [-0.05, 0) is 36.8 Å². The fourth-order valence-electron chi connectivity index (χ4n) is 2.26. The summed E-state index contributed by atoms with van der Waals surface area (Å²) in [5.41, 5.74) is 2.67. The predicted octanol–water partition coefficient (Wildman–Crippen LogP) is 2.96. The van der Waals surface area contributed by atoms with E-state index in [0.717, 1.165) is 38.0 Å². The summed E-state index contributed by atoms with van der Waals surface area (Å²) in [7, 11) is 0. The van der Waals surface area contributed by atoms with Crippen LogP contribution in [0.3, 0.4) is 0 Å². The van der Waals surface area contributed by atoms with Crippen molar-refractivity contribution in [3.8, 4) is 0 Å². The van der Waals surface area contributed by atoms with E-state index in [0.29, 0.717) is 0 Å². The molecule has 1 heterocycles. The fourth-order valence-corrected chi connectivity index (χ4v) is 2.79. The molecule has 92 valence electrons. The molecule has 1 aliphatic rings. The maximum Gasteiger partial charge on any atom is 0.123 e. The molecular weight excluding hydrogens is 230 g/mol. The van der Waals surface area contributed by atoms with Crippen LogP contribution in [-0.2, 0) is 10.5 Å². The Morgan fingerprint density at radius 2 is 1.94 bits per heavy atom. The van der Waals surface area contributed by atoms with Crippen LogP contribution in [-0.4, -0.2) is 25.6 Å². The Kier molecular flexibility index (Phi) is 4.49. The molecule has 0 amide bonds. The lowest BCUT2D eigenvalue weighted by Gasteiger charge is -2.31. The molecule has 0 aromatic heterocycles. The lowest BCUT2D eigenvalue weighted by Crippen LogP contribution is -2.33. The molecule has 1 fully saturated rings. The van der Waals surface area contributed by atoms with Crippen LogP contribution in [0.2, 0.25) is 0 Å². The van der Waals surface area contributed by atoms with Crippen molar-refractivity contribution in [2.24, 2.45) is 5.92 Å². The van der Waals surface area contributed by atoms with Crippen molar-refractivity contribution in [2.45, 2.75) is 18.6 Å². The highest BCUT2D eigenvalue weighted by Gasteiger charge is 2.18. The highest BCUT2D eigenvalue weighted by atomic mass is 32.2. The highest BCUT2D eigenvalue weighted by molar-refractivity contribution is 7.97. The number of rotatable bonds is 4. The Morgan fingerprint density at radius 3 is 2.47 bits per heavy atom. The minimum absolute atomic E-state index is 0.280. The zero-order valence-corrected chi connectivity index (χ0v) is 11.1. The maximum atomic E-state index is 10.7. The van der Waals surface area contributed by atoms with Crippen molar-refractivity contribution >= 4 is 23.7 Å². The molecule has 3 heteroatoms. The third-order valence-electron chi connectivity index (χ3n) is 3.34. The first-order valence-corrected chi connectivity index (χ1v) is 7.51. The van der Waals surface area contributed by atoms with Crippen LogP contribution < -0.4 is 4.90 Å². The van der Waals surface area contributed by atoms with E-state index in [9.17, 15) is 4.79 Å². The van der Waals surface area contributed by atoms with Gasteiger partial charge in [-0.3, -0.25) is 0 Å². The van der Waals surface area contributed by atoms with Gasteiger partial charge in [0, 0.05) is 30.4 Å². The number of anilines is 1. The molecule has 0 unspecified atom stereocenters. The van der Waals surface area contributed by atoms with Gasteiger partial charge in [0.1, 0.15) is 6.29 Å². The average Bonchev–Trinajstić information content (AvgIpc) is 2.40. The van der Waals surface area contributed by atoms with E-state index in [1.54, 1.807) is 0 Å². The summed E-state index contributed by atoms with van der Waals surface area (Å²) in [6, 6.07) is 8.81. The van der Waals surface area contributed by atoms with Gasteiger partial charge in [-0.25, -0.2) is 0 Å². The second kappa shape index (κ2) is 6.10. The minimum Gasteiger partial charge on any atom is -0.371 e. The van der Waals surface area contributed by atoms with Gasteiger partial charge in [-0.2, -0.15) is 11.8 Å². The zero-order valence-electron chi connectivity index (χ0n) is 10.3. The van der Waals surface area contributed by atoms with E-state index in [1.807, 2.05) is 11.8 Å². The monoisotopic (exact) mass is 249 g/mol. The largest absolute Gasteiger partial charge is 0.371 e. The van der Waals surface area contributed by atoms with E-state index in [-0.39, 0.29) is 5.92 Å². The van der Waals surface area contributed by atoms with Gasteiger partial charge in [-0.15, -0.1) is 0 Å². The molecule has 1 aliphatic heterocycles. The highest BCUT2D eigenvalue weighted by Crippen LogP contribution is 2.23. The molecule has 0 aliphatic carbocycles. The molecule has 0 N–H and O–H groups in total. The van der Waals surface area contributed by atoms with E-state index in [1.165, 1.54) is 11.3 Å². The summed E-state index contributed by atoms with van der Waals surface area (Å²) in [6.07, 6.45) is 5.23. The molecule has 1 saturated heterocycles. The molecule has 17 heavy (non-hydrogen) atoms. The number of piperidine rings is 1. The second-order valence-corrected chi connectivity index (χ2v) is 5.43. The average molecular weight is 249 g/mol. The van der Waals surface area contributed by atoms with Crippen LogP contribution in [0.5, 0.6) is 0 Å². The number of hydrogen-bond acceptors (Lipinski definition) is 3. The van der Waals surface area contributed by atoms with Crippen molar-refractivity contribution in [2.75, 3.05) is 24.2 Å². The molecule has 0 spiro atoms. The van der Waals surface area contributed by atoms with Crippen LogP contribution in [0.1, 0.15) is 18.4 Å². The molecule has 2 rings (SSSR count). The van der Waals surface area contributed by atoms with Gasteiger partial charge in [0.15, 0.2) is 0 Å². The summed E-state index contributed by atoms with van der Waals surface area (Å²) in [6.45, 7) is 2.01. The number of thioether (sulfide) groups is 1. The maximum absolute atomic E-state index is 10.7. The lowest BCUT2D eigenvalue weighted by atomic mass is 9.98. The van der Waals surface area contributed by atoms with E-state index in [4.69, 9.17) is 0 Å². The SMILES string of the molecule is CSCc1ccc(N2CCC(C=O)CC2)cc1. The molecule has 0 saturated carbocycles. The van der Waals surface area contributed by atoms with Crippen LogP contribution in [0, 0.1) is 5.92 Å². The minimum atomic E-state index is 0.280. The number of hydrogen-bond donors (Lipinski definition) is 0. The van der Waals surface area contributed by atoms with Crippen molar-refractivity contribution in [3.63, 3.8) is 0 Å². The normalized spacial score (nSPS) is 17.1. The van der Waals surface area contributed by atoms with Crippen molar-refractivity contribution in [3.05, 3.63) is 29.8 Å². The summed E-state index contributed by atoms with van der Waals surface area (Å²) >= 11 is 1.85. The number of carbonyl (C=O) groups is 1. The first kappa shape index (κ1) is 12.5. The third-order valence-corrected chi connectivity index (χ3v) is 3.97. The van der Waals surface area contributed by atoms with Gasteiger partial charge in [0.2, 0.25) is 0 Å². The summed E-state index contributed by atoms with van der Waals surface area (Å²) in [5, 5.41) is 0. The van der Waals surface area contributed by atoms with Crippen LogP contribution in [0.25, 0.3) is 0 Å². The predicted molar refractivity (Wildman–Crippen MR) is 74.7 cm³/mol. The standard InChI is InChI=1S/C14H19NOS/c1-17-11-13-2-4-14(5-3-13)15-8-6-12(10-16)7-9-15/h2-5,10,12H,6-9,11H2,1H3. The lowest BCUT2D eigenvalue weighted by molar-refractivity contribution is -0.111. The Morgan fingerprint density at radius 1 is 1.29 bits per heavy atom. The van der Waals surface area contributed by atoms with Crippen molar-refractivity contribution in [1.29, 1.82) is 0 Å². The third kappa shape index (κ3) is 3.25. The van der Waals surface area contributed by atoms with Crippen LogP contribution >= 0.6 is 11.8 Å². The van der Waals surface area contributed by atoms with E-state index < -0.39 is 0 Å². The number of aldehydes is 1. The fraction of sp³-hybridized carbons (Fsp3) is 0.500. The molecule has 0 radical (unpaired) electrons. The van der Waals surface area contributed by atoms with Gasteiger partial charge in [0.25, 0.3) is 0 Å².